The van der Waals surface area contributed by atoms with Gasteiger partial charge in [0, 0.05) is 25.1 Å². The Morgan fingerprint density at radius 2 is 2.08 bits per heavy atom. The van der Waals surface area contributed by atoms with Crippen molar-refractivity contribution in [1.82, 2.24) is 24.8 Å². The lowest BCUT2D eigenvalue weighted by atomic mass is 9.97. The molecule has 3 heterocycles. The molecule has 1 fully saturated rings. The van der Waals surface area contributed by atoms with Crippen LogP contribution in [0.5, 0.6) is 0 Å². The minimum Gasteiger partial charge on any atom is -0.342 e. The normalized spacial score (nSPS) is 17.6. The second-order valence-corrected chi connectivity index (χ2v) is 6.68. The molecule has 1 atom stereocenters. The number of aromatic nitrogens is 4. The minimum absolute atomic E-state index is 0.0138. The second-order valence-electron chi connectivity index (χ2n) is 6.68. The Morgan fingerprint density at radius 1 is 1.23 bits per heavy atom. The van der Waals surface area contributed by atoms with E-state index in [1.54, 1.807) is 4.90 Å². The van der Waals surface area contributed by atoms with E-state index >= 15 is 0 Å². The molecule has 134 valence electrons. The van der Waals surface area contributed by atoms with E-state index in [4.69, 9.17) is 4.98 Å². The summed E-state index contributed by atoms with van der Waals surface area (Å²) in [6.07, 6.45) is 1.76. The van der Waals surface area contributed by atoms with Crippen LogP contribution in [-0.4, -0.2) is 43.8 Å². The predicted octanol–water partition coefficient (Wildman–Crippen LogP) is 1.27. The number of likely N-dealkylation sites (tertiary alicyclic amines) is 1. The molecule has 0 unspecified atom stereocenters. The zero-order valence-electron chi connectivity index (χ0n) is 14.3. The van der Waals surface area contributed by atoms with Crippen LogP contribution in [0, 0.1) is 6.92 Å². The molecule has 0 aliphatic carbocycles. The van der Waals surface area contributed by atoms with E-state index in [1.807, 2.05) is 25.1 Å². The van der Waals surface area contributed by atoms with Gasteiger partial charge < -0.3 is 14.9 Å². The summed E-state index contributed by atoms with van der Waals surface area (Å²) in [5, 5.41) is 0. The van der Waals surface area contributed by atoms with Crippen LogP contribution in [0.1, 0.15) is 40.6 Å². The third kappa shape index (κ3) is 2.94. The zero-order chi connectivity index (χ0) is 18.3. The maximum atomic E-state index is 12.7. The first kappa shape index (κ1) is 16.3. The van der Waals surface area contributed by atoms with Crippen LogP contribution in [-0.2, 0) is 0 Å². The molecular weight excluding hydrogens is 334 g/mol. The number of rotatable bonds is 2. The summed E-state index contributed by atoms with van der Waals surface area (Å²) >= 11 is 0. The Hall–Kier alpha value is -3.16. The van der Waals surface area contributed by atoms with Crippen molar-refractivity contribution in [2.75, 3.05) is 13.1 Å². The fraction of sp³-hybridized carbons (Fsp3) is 0.333. The van der Waals surface area contributed by atoms with Crippen LogP contribution in [0.3, 0.4) is 0 Å². The average molecular weight is 353 g/mol. The van der Waals surface area contributed by atoms with Gasteiger partial charge in [0.15, 0.2) is 0 Å². The van der Waals surface area contributed by atoms with Gasteiger partial charge >= 0.3 is 5.69 Å². The van der Waals surface area contributed by atoms with Crippen LogP contribution in [0.25, 0.3) is 11.0 Å². The summed E-state index contributed by atoms with van der Waals surface area (Å²) in [5.74, 6) is 0.615. The second kappa shape index (κ2) is 6.29. The molecule has 1 aliphatic rings. The van der Waals surface area contributed by atoms with Crippen LogP contribution in [0.15, 0.2) is 33.9 Å². The van der Waals surface area contributed by atoms with Gasteiger partial charge in [0.25, 0.3) is 11.5 Å². The maximum absolute atomic E-state index is 12.7. The third-order valence-corrected chi connectivity index (χ3v) is 4.82. The number of para-hydroxylation sites is 1. The van der Waals surface area contributed by atoms with E-state index in [1.165, 1.54) is 0 Å². The Balaban J connectivity index is 1.60. The molecule has 0 radical (unpaired) electrons. The van der Waals surface area contributed by atoms with Crippen molar-refractivity contribution in [2.24, 2.45) is 0 Å². The van der Waals surface area contributed by atoms with E-state index in [9.17, 15) is 14.4 Å². The number of aromatic amines is 3. The van der Waals surface area contributed by atoms with Gasteiger partial charge in [-0.3, -0.25) is 14.6 Å². The molecule has 4 rings (SSSR count). The SMILES string of the molecule is Cc1cccc2[nH]c([C@H]3CCCN(C(=O)c4cc(=O)[nH]c(=O)[nH]4)C3)nc12. The molecule has 3 N–H and O–H groups in total. The Bertz CT molecular complexity index is 1070. The van der Waals surface area contributed by atoms with Crippen molar-refractivity contribution in [3.8, 4) is 0 Å². The van der Waals surface area contributed by atoms with E-state index in [0.717, 1.165) is 41.3 Å². The van der Waals surface area contributed by atoms with Crippen LogP contribution in [0.2, 0.25) is 0 Å². The molecule has 3 aromatic rings. The number of hydrogen-bond donors (Lipinski definition) is 3. The molecule has 1 aliphatic heterocycles. The van der Waals surface area contributed by atoms with E-state index in [-0.39, 0.29) is 17.5 Å². The van der Waals surface area contributed by atoms with Crippen molar-refractivity contribution in [3.63, 3.8) is 0 Å². The van der Waals surface area contributed by atoms with Gasteiger partial charge in [0.2, 0.25) is 0 Å². The Morgan fingerprint density at radius 3 is 2.85 bits per heavy atom. The highest BCUT2D eigenvalue weighted by Crippen LogP contribution is 2.28. The topological polar surface area (TPSA) is 115 Å². The van der Waals surface area contributed by atoms with Gasteiger partial charge in [-0.1, -0.05) is 12.1 Å². The first-order valence-corrected chi connectivity index (χ1v) is 8.59. The first-order valence-electron chi connectivity index (χ1n) is 8.59. The monoisotopic (exact) mass is 353 g/mol. The fourth-order valence-electron chi connectivity index (χ4n) is 3.53. The number of carbonyl (C=O) groups is 1. The molecule has 1 saturated heterocycles. The minimum atomic E-state index is -0.679. The van der Waals surface area contributed by atoms with Crippen molar-refractivity contribution in [3.05, 3.63) is 62.2 Å². The molecule has 26 heavy (non-hydrogen) atoms. The number of nitrogens with one attached hydrogen (secondary N) is 3. The molecule has 8 heteroatoms. The van der Waals surface area contributed by atoms with Gasteiger partial charge in [0.1, 0.15) is 11.5 Å². The molecule has 2 aromatic heterocycles. The lowest BCUT2D eigenvalue weighted by Crippen LogP contribution is -2.41. The number of amides is 1. The lowest BCUT2D eigenvalue weighted by molar-refractivity contribution is 0.0698. The molecule has 1 aromatic carbocycles. The third-order valence-electron chi connectivity index (χ3n) is 4.82. The number of fused-ring (bicyclic) bond motifs is 1. The average Bonchev–Trinajstić information content (AvgIpc) is 3.06. The number of hydrogen-bond acceptors (Lipinski definition) is 4. The highest BCUT2D eigenvalue weighted by molar-refractivity contribution is 5.92. The highest BCUT2D eigenvalue weighted by atomic mass is 16.2. The summed E-state index contributed by atoms with van der Waals surface area (Å²) in [5.41, 5.74) is 1.79. The van der Waals surface area contributed by atoms with Crippen molar-refractivity contribution in [1.29, 1.82) is 0 Å². The molecule has 0 bridgehead atoms. The summed E-state index contributed by atoms with van der Waals surface area (Å²) in [6.45, 7) is 3.10. The number of benzene rings is 1. The van der Waals surface area contributed by atoms with Gasteiger partial charge in [-0.25, -0.2) is 9.78 Å². The van der Waals surface area contributed by atoms with E-state index < -0.39 is 11.2 Å². The van der Waals surface area contributed by atoms with Gasteiger partial charge in [-0.15, -0.1) is 0 Å². The summed E-state index contributed by atoms with van der Waals surface area (Å²) in [7, 11) is 0. The largest absolute Gasteiger partial charge is 0.342 e. The predicted molar refractivity (Wildman–Crippen MR) is 96.4 cm³/mol. The number of H-pyrrole nitrogens is 3. The number of aryl methyl sites for hydroxylation is 1. The van der Waals surface area contributed by atoms with Crippen LogP contribution in [0.4, 0.5) is 0 Å². The number of carbonyl (C=O) groups excluding carboxylic acids is 1. The molecule has 8 nitrogen and oxygen atoms in total. The Labute approximate surface area is 148 Å². The fourth-order valence-corrected chi connectivity index (χ4v) is 3.53. The van der Waals surface area contributed by atoms with E-state index in [0.29, 0.717) is 13.1 Å². The Kier molecular flexibility index (Phi) is 3.95. The van der Waals surface area contributed by atoms with Crippen molar-refractivity contribution in [2.45, 2.75) is 25.7 Å². The lowest BCUT2D eigenvalue weighted by Gasteiger charge is -2.31. The molecule has 0 spiro atoms. The van der Waals surface area contributed by atoms with Crippen LogP contribution >= 0.6 is 0 Å². The standard InChI is InChI=1S/C18H19N5O3/c1-10-4-2-6-12-15(10)22-16(19-12)11-5-3-7-23(9-11)17(25)13-8-14(24)21-18(26)20-13/h2,4,6,8,11H,3,5,7,9H2,1H3,(H,19,22)(H2,20,21,24,26)/t11-/m0/s1. The first-order chi connectivity index (χ1) is 12.5. The quantitative estimate of drug-likeness (QED) is 0.643. The van der Waals surface area contributed by atoms with Crippen LogP contribution < -0.4 is 11.2 Å². The molecule has 1 amide bonds. The van der Waals surface area contributed by atoms with E-state index in [2.05, 4.69) is 15.0 Å². The number of piperidine rings is 1. The zero-order valence-corrected chi connectivity index (χ0v) is 14.3. The summed E-state index contributed by atoms with van der Waals surface area (Å²) in [6, 6.07) is 7.12. The molecule has 0 saturated carbocycles. The number of imidazole rings is 1. The van der Waals surface area contributed by atoms with Crippen molar-refractivity contribution >= 4 is 16.9 Å². The number of nitrogens with zero attached hydrogens (tertiary/aromatic N) is 2. The van der Waals surface area contributed by atoms with Gasteiger partial charge in [0.05, 0.1) is 11.0 Å². The van der Waals surface area contributed by atoms with Gasteiger partial charge in [-0.05, 0) is 31.4 Å². The highest BCUT2D eigenvalue weighted by Gasteiger charge is 2.28. The smallest absolute Gasteiger partial charge is 0.326 e. The summed E-state index contributed by atoms with van der Waals surface area (Å²) < 4.78 is 0. The van der Waals surface area contributed by atoms with Crippen molar-refractivity contribution < 1.29 is 4.79 Å². The summed E-state index contributed by atoms with van der Waals surface area (Å²) in [4.78, 5) is 49.8. The van der Waals surface area contributed by atoms with Gasteiger partial charge in [-0.2, -0.15) is 0 Å². The molecular formula is C18H19N5O3. The maximum Gasteiger partial charge on any atom is 0.326 e.